The lowest BCUT2D eigenvalue weighted by Crippen LogP contribution is -2.48. The van der Waals surface area contributed by atoms with Gasteiger partial charge in [-0.2, -0.15) is 0 Å². The Morgan fingerprint density at radius 1 is 1.26 bits per heavy atom. The van der Waals surface area contributed by atoms with E-state index in [1.165, 1.54) is 0 Å². The summed E-state index contributed by atoms with van der Waals surface area (Å²) in [5.74, 6) is -0.146. The fourth-order valence-electron chi connectivity index (χ4n) is 1.82. The van der Waals surface area contributed by atoms with Crippen LogP contribution in [0.3, 0.4) is 0 Å². The summed E-state index contributed by atoms with van der Waals surface area (Å²) in [5.41, 5.74) is -0.416. The number of nitrogens with one attached hydrogen (secondary N) is 1. The van der Waals surface area contributed by atoms with Crippen molar-refractivity contribution in [1.82, 2.24) is 5.32 Å². The van der Waals surface area contributed by atoms with Gasteiger partial charge in [0.15, 0.2) is 0 Å². The molecule has 0 saturated carbocycles. The average Bonchev–Trinajstić information content (AvgIpc) is 2.39. The van der Waals surface area contributed by atoms with Crippen molar-refractivity contribution in [2.75, 3.05) is 13.7 Å². The molecular weight excluding hydrogens is 242 g/mol. The number of carbonyl (C=O) groups is 1. The van der Waals surface area contributed by atoms with Gasteiger partial charge in [0.1, 0.15) is 0 Å². The molecule has 0 radical (unpaired) electrons. The summed E-state index contributed by atoms with van der Waals surface area (Å²) in [6, 6.07) is 9.44. The zero-order valence-electron chi connectivity index (χ0n) is 12.1. The van der Waals surface area contributed by atoms with Crippen LogP contribution >= 0.6 is 0 Å². The van der Waals surface area contributed by atoms with E-state index in [9.17, 15) is 9.90 Å². The molecule has 0 aromatic heterocycles. The molecule has 1 amide bonds. The molecule has 0 heterocycles. The number of aliphatic hydroxyl groups is 1. The molecule has 19 heavy (non-hydrogen) atoms. The van der Waals surface area contributed by atoms with Gasteiger partial charge >= 0.3 is 0 Å². The predicted molar refractivity (Wildman–Crippen MR) is 74.7 cm³/mol. The van der Waals surface area contributed by atoms with Crippen molar-refractivity contribution in [3.05, 3.63) is 35.9 Å². The molecule has 0 spiro atoms. The monoisotopic (exact) mass is 265 g/mol. The average molecular weight is 265 g/mol. The van der Waals surface area contributed by atoms with Crippen LogP contribution in [0.1, 0.15) is 32.8 Å². The highest BCUT2D eigenvalue weighted by molar-refractivity contribution is 5.78. The lowest BCUT2D eigenvalue weighted by molar-refractivity contribution is -0.128. The number of hydrogen-bond donors (Lipinski definition) is 2. The smallest absolute Gasteiger partial charge is 0.223 e. The van der Waals surface area contributed by atoms with E-state index < -0.39 is 11.1 Å². The minimum absolute atomic E-state index is 0.146. The predicted octanol–water partition coefficient (Wildman–Crippen LogP) is 1.83. The van der Waals surface area contributed by atoms with Gasteiger partial charge in [-0.3, -0.25) is 4.79 Å². The van der Waals surface area contributed by atoms with Crippen molar-refractivity contribution >= 4 is 5.91 Å². The van der Waals surface area contributed by atoms with Crippen molar-refractivity contribution in [3.63, 3.8) is 0 Å². The highest BCUT2D eigenvalue weighted by atomic mass is 16.5. The van der Waals surface area contributed by atoms with E-state index in [0.717, 1.165) is 5.56 Å². The fourth-order valence-corrected chi connectivity index (χ4v) is 1.82. The van der Waals surface area contributed by atoms with Gasteiger partial charge in [0.25, 0.3) is 0 Å². The lowest BCUT2D eigenvalue weighted by Gasteiger charge is -2.31. The van der Waals surface area contributed by atoms with E-state index in [-0.39, 0.29) is 18.9 Å². The molecule has 0 aliphatic carbocycles. The van der Waals surface area contributed by atoms with Crippen LogP contribution in [0.25, 0.3) is 0 Å². The van der Waals surface area contributed by atoms with E-state index >= 15 is 0 Å². The third-order valence-electron chi connectivity index (χ3n) is 3.28. The standard InChI is InChI=1S/C15H23NO3/c1-14(2,19-4)10-13(18)16-15(3,11-17)12-8-6-5-7-9-12/h5-9,17H,10-11H2,1-4H3,(H,16,18). The Hall–Kier alpha value is -1.39. The number of ether oxygens (including phenoxy) is 1. The topological polar surface area (TPSA) is 58.6 Å². The van der Waals surface area contributed by atoms with Crippen LogP contribution in [0.4, 0.5) is 0 Å². The molecule has 0 aliphatic heterocycles. The molecule has 4 nitrogen and oxygen atoms in total. The normalized spacial score (nSPS) is 14.8. The molecule has 1 rings (SSSR count). The number of amides is 1. The Balaban J connectivity index is 2.80. The highest BCUT2D eigenvalue weighted by Gasteiger charge is 2.30. The molecule has 1 unspecified atom stereocenters. The maximum absolute atomic E-state index is 12.1. The van der Waals surface area contributed by atoms with Crippen molar-refractivity contribution in [2.45, 2.75) is 38.3 Å². The second-order valence-corrected chi connectivity index (χ2v) is 5.55. The van der Waals surface area contributed by atoms with Gasteiger partial charge in [0, 0.05) is 7.11 Å². The quantitative estimate of drug-likeness (QED) is 0.825. The van der Waals surface area contributed by atoms with Crippen molar-refractivity contribution in [3.8, 4) is 0 Å². The minimum Gasteiger partial charge on any atom is -0.394 e. The highest BCUT2D eigenvalue weighted by Crippen LogP contribution is 2.21. The van der Waals surface area contributed by atoms with E-state index in [1.54, 1.807) is 14.0 Å². The number of carbonyl (C=O) groups excluding carboxylic acids is 1. The van der Waals surface area contributed by atoms with Crippen LogP contribution in [0.2, 0.25) is 0 Å². The maximum Gasteiger partial charge on any atom is 0.223 e. The van der Waals surface area contributed by atoms with Crippen molar-refractivity contribution in [1.29, 1.82) is 0 Å². The van der Waals surface area contributed by atoms with Crippen molar-refractivity contribution < 1.29 is 14.6 Å². The van der Waals surface area contributed by atoms with Crippen LogP contribution in [0.5, 0.6) is 0 Å². The van der Waals surface area contributed by atoms with Gasteiger partial charge in [-0.05, 0) is 26.3 Å². The van der Waals surface area contributed by atoms with Gasteiger partial charge in [-0.1, -0.05) is 30.3 Å². The van der Waals surface area contributed by atoms with Crippen LogP contribution in [0.15, 0.2) is 30.3 Å². The Bertz CT molecular complexity index is 417. The summed E-state index contributed by atoms with van der Waals surface area (Å²) < 4.78 is 5.24. The summed E-state index contributed by atoms with van der Waals surface area (Å²) in [6.45, 7) is 5.35. The van der Waals surface area contributed by atoms with Crippen LogP contribution in [-0.2, 0) is 15.1 Å². The van der Waals surface area contributed by atoms with E-state index in [1.807, 2.05) is 44.2 Å². The molecule has 1 atom stereocenters. The molecule has 0 bridgehead atoms. The molecule has 0 fully saturated rings. The maximum atomic E-state index is 12.1. The minimum atomic E-state index is -0.776. The molecular formula is C15H23NO3. The van der Waals surface area contributed by atoms with Crippen molar-refractivity contribution in [2.24, 2.45) is 0 Å². The Labute approximate surface area is 114 Å². The number of aliphatic hydroxyl groups excluding tert-OH is 1. The number of benzene rings is 1. The molecule has 0 saturated heterocycles. The first-order chi connectivity index (χ1) is 8.83. The molecule has 2 N–H and O–H groups in total. The molecule has 4 heteroatoms. The summed E-state index contributed by atoms with van der Waals surface area (Å²) in [5, 5.41) is 12.5. The fraction of sp³-hybridized carbons (Fsp3) is 0.533. The number of rotatable bonds is 6. The Morgan fingerprint density at radius 3 is 2.32 bits per heavy atom. The molecule has 1 aromatic carbocycles. The lowest BCUT2D eigenvalue weighted by atomic mass is 9.92. The van der Waals surface area contributed by atoms with Gasteiger partial charge in [0.2, 0.25) is 5.91 Å². The summed E-state index contributed by atoms with van der Waals surface area (Å²) in [6.07, 6.45) is 0.242. The van der Waals surface area contributed by atoms with E-state index in [0.29, 0.717) is 0 Å². The van der Waals surface area contributed by atoms with Gasteiger partial charge in [-0.25, -0.2) is 0 Å². The summed E-state index contributed by atoms with van der Waals surface area (Å²) in [4.78, 5) is 12.1. The molecule has 1 aromatic rings. The molecule has 106 valence electrons. The Morgan fingerprint density at radius 2 is 1.84 bits per heavy atom. The number of hydrogen-bond acceptors (Lipinski definition) is 3. The zero-order chi connectivity index (χ0) is 14.5. The van der Waals surface area contributed by atoms with Crippen LogP contribution < -0.4 is 5.32 Å². The van der Waals surface area contributed by atoms with Crippen LogP contribution in [0, 0.1) is 0 Å². The first kappa shape index (κ1) is 15.7. The first-order valence-corrected chi connectivity index (χ1v) is 6.35. The first-order valence-electron chi connectivity index (χ1n) is 6.35. The van der Waals surface area contributed by atoms with E-state index in [2.05, 4.69) is 5.32 Å². The molecule has 0 aliphatic rings. The van der Waals surface area contributed by atoms with Gasteiger partial charge in [0.05, 0.1) is 24.2 Å². The second-order valence-electron chi connectivity index (χ2n) is 5.55. The zero-order valence-corrected chi connectivity index (χ0v) is 12.1. The second kappa shape index (κ2) is 6.17. The van der Waals surface area contributed by atoms with Crippen LogP contribution in [-0.4, -0.2) is 30.3 Å². The SMILES string of the molecule is COC(C)(C)CC(=O)NC(C)(CO)c1ccccc1. The Kier molecular flexibility index (Phi) is 5.09. The third-order valence-corrected chi connectivity index (χ3v) is 3.28. The summed E-state index contributed by atoms with van der Waals surface area (Å²) >= 11 is 0. The summed E-state index contributed by atoms with van der Waals surface area (Å²) in [7, 11) is 1.58. The van der Waals surface area contributed by atoms with Gasteiger partial charge < -0.3 is 15.2 Å². The third kappa shape index (κ3) is 4.33. The largest absolute Gasteiger partial charge is 0.394 e. The number of methoxy groups -OCH3 is 1. The van der Waals surface area contributed by atoms with E-state index in [4.69, 9.17) is 4.74 Å². The van der Waals surface area contributed by atoms with Gasteiger partial charge in [-0.15, -0.1) is 0 Å².